The normalized spacial score (nSPS) is 33.6. The van der Waals surface area contributed by atoms with Gasteiger partial charge in [-0.1, -0.05) is 42.3 Å². The van der Waals surface area contributed by atoms with Crippen LogP contribution in [-0.4, -0.2) is 214 Å². The van der Waals surface area contributed by atoms with Crippen LogP contribution in [-0.2, 0) is 68.4 Å². The third-order valence-electron chi connectivity index (χ3n) is 14.6. The molecule has 426 valence electrons. The molecule has 4 bridgehead atoms. The topological polar surface area (TPSA) is 339 Å². The zero-order chi connectivity index (χ0) is 57.0. The number of thioether (sulfide) groups is 1. The molecule has 0 radical (unpaired) electrons. The van der Waals surface area contributed by atoms with E-state index in [4.69, 9.17) is 44.8 Å². The van der Waals surface area contributed by atoms with Crippen LogP contribution in [0, 0.1) is 5.92 Å². The highest BCUT2D eigenvalue weighted by molar-refractivity contribution is 8.00. The van der Waals surface area contributed by atoms with Crippen LogP contribution in [0.5, 0.6) is 5.75 Å². The van der Waals surface area contributed by atoms with E-state index >= 15 is 0 Å². The van der Waals surface area contributed by atoms with Gasteiger partial charge in [-0.05, 0) is 51.8 Å². The number of rotatable bonds is 16. The van der Waals surface area contributed by atoms with Crippen molar-refractivity contribution in [2.45, 2.75) is 151 Å². The summed E-state index contributed by atoms with van der Waals surface area (Å²) in [6, 6.07) is 0.641. The lowest BCUT2D eigenvalue weighted by molar-refractivity contribution is -0.267. The van der Waals surface area contributed by atoms with E-state index in [9.17, 15) is 63.9 Å². The number of epoxide rings is 1. The molecule has 5 aliphatic heterocycles. The van der Waals surface area contributed by atoms with E-state index in [0.29, 0.717) is 22.8 Å². The minimum absolute atomic E-state index is 0.0118. The monoisotopic (exact) mass is 1130 g/mol. The maximum Gasteiger partial charge on any atom is 0.409 e. The van der Waals surface area contributed by atoms with Crippen molar-refractivity contribution in [3.8, 4) is 5.75 Å². The first-order valence-corrected chi connectivity index (χ1v) is 26.2. The van der Waals surface area contributed by atoms with E-state index in [1.807, 2.05) is 13.0 Å². The second-order valence-corrected chi connectivity index (χ2v) is 21.6. The fraction of sp³-hybridized carbons (Fsp3) is 0.640. The number of benzene rings is 1. The molecule has 5 heterocycles. The average Bonchev–Trinajstić information content (AvgIpc) is 4.01. The third kappa shape index (κ3) is 13.7. The van der Waals surface area contributed by atoms with Gasteiger partial charge in [-0.3, -0.25) is 34.2 Å². The predicted molar refractivity (Wildman–Crippen MR) is 271 cm³/mol. The molecule has 0 aliphatic carbocycles. The van der Waals surface area contributed by atoms with Gasteiger partial charge < -0.3 is 73.8 Å². The minimum atomic E-state index is -1.92. The standard InChI is InChI=1S/C50H68ClN5O20S/c1-23-11-10-12-33(71-9)50(69)20-30(74-48(68)53-50)24(2)43-49(5,76-43)34(19-37(60)55(7)28-16-27(15-23)17-29(70-8)39(28)51)75-46(66)25(3)54(6)36(59)13-14-77-32-18-38(61)56(44(32)63)21-35(58)52-40-42(72-26(4)45(64)65)41(62)31(22-57)73-47(40)67/h10-12,16-17,24-26,30-34,40-43,47,57,62,67,69H,13-15,18-22H2,1-9H3,(H,52,58)(H,53,68)(H,64,65)/b12-10+,23-11+/t24-,25+,26?,30+,31?,32?,33-,34+,40?,41?,42?,43+,47?,49+,50+/m1/s1. The van der Waals surface area contributed by atoms with Gasteiger partial charge in [0.1, 0.15) is 71.6 Å². The van der Waals surface area contributed by atoms with Crippen molar-refractivity contribution in [3.63, 3.8) is 0 Å². The maximum absolute atomic E-state index is 14.4. The van der Waals surface area contributed by atoms with Crippen LogP contribution in [0.2, 0.25) is 5.02 Å². The number of halogens is 1. The van der Waals surface area contributed by atoms with Crippen LogP contribution in [0.3, 0.4) is 0 Å². The lowest BCUT2D eigenvalue weighted by Crippen LogP contribution is -2.66. The molecule has 4 saturated heterocycles. The Labute approximate surface area is 453 Å². The molecule has 1 aromatic carbocycles. The van der Waals surface area contributed by atoms with Crippen molar-refractivity contribution in [1.82, 2.24) is 20.4 Å². The van der Waals surface area contributed by atoms with Gasteiger partial charge in [0, 0.05) is 52.1 Å². The number of nitrogens with zero attached hydrogens (tertiary/aromatic N) is 3. The number of fused-ring (bicyclic) bond motifs is 5. The summed E-state index contributed by atoms with van der Waals surface area (Å²) >= 11 is 7.76. The van der Waals surface area contributed by atoms with Crippen molar-refractivity contribution in [2.24, 2.45) is 5.92 Å². The first-order chi connectivity index (χ1) is 36.2. The number of ether oxygens (including phenoxy) is 7. The Kier molecular flexibility index (Phi) is 19.9. The predicted octanol–water partition coefficient (Wildman–Crippen LogP) is 0.179. The molecule has 4 fully saturated rings. The van der Waals surface area contributed by atoms with E-state index < -0.39 is 157 Å². The number of carboxylic acid groups (broad SMARTS) is 1. The number of anilines is 1. The van der Waals surface area contributed by atoms with Gasteiger partial charge in [0.25, 0.3) is 0 Å². The fourth-order valence-electron chi connectivity index (χ4n) is 9.70. The van der Waals surface area contributed by atoms with Gasteiger partial charge >= 0.3 is 18.0 Å². The summed E-state index contributed by atoms with van der Waals surface area (Å²) in [5.74, 6) is -6.28. The molecule has 6 rings (SSSR count). The number of likely N-dealkylation sites (N-methyl/N-ethyl adjacent to an activating group) is 1. The molecule has 7 N–H and O–H groups in total. The molecule has 1 aromatic rings. The van der Waals surface area contributed by atoms with Crippen molar-refractivity contribution in [3.05, 3.63) is 46.5 Å². The Morgan fingerprint density at radius 2 is 1.79 bits per heavy atom. The number of esters is 1. The first-order valence-electron chi connectivity index (χ1n) is 24.8. The number of methoxy groups -OCH3 is 2. The number of carboxylic acids is 1. The Bertz CT molecular complexity index is 2500. The lowest BCUT2D eigenvalue weighted by atomic mass is 9.83. The number of likely N-dealkylation sites (tertiary alicyclic amines) is 1. The highest BCUT2D eigenvalue weighted by Gasteiger charge is 2.64. The Hall–Kier alpha value is -5.42. The summed E-state index contributed by atoms with van der Waals surface area (Å²) in [6.07, 6.45) is -8.73. The number of aliphatic hydroxyl groups excluding tert-OH is 3. The van der Waals surface area contributed by atoms with Crippen LogP contribution in [0.25, 0.3) is 0 Å². The molecule has 0 spiro atoms. The summed E-state index contributed by atoms with van der Waals surface area (Å²) in [4.78, 5) is 109. The number of amides is 6. The molecule has 27 heteroatoms. The number of imide groups is 1. The van der Waals surface area contributed by atoms with Crippen LogP contribution in [0.15, 0.2) is 35.9 Å². The molecule has 5 aliphatic rings. The summed E-state index contributed by atoms with van der Waals surface area (Å²) in [5.41, 5.74) is -1.39. The van der Waals surface area contributed by atoms with Crippen molar-refractivity contribution in [1.29, 1.82) is 0 Å². The number of hydrogen-bond acceptors (Lipinski definition) is 20. The molecule has 7 unspecified atom stereocenters. The highest BCUT2D eigenvalue weighted by atomic mass is 35.5. The number of allylic oxidation sites excluding steroid dienone is 3. The van der Waals surface area contributed by atoms with Crippen molar-refractivity contribution >= 4 is 76.6 Å². The SMILES string of the molecule is COc1cc2cc(c1Cl)N(C)C(=O)C[C@H](OC(=O)[C@H](C)N(C)C(=O)CCSC1CC(=O)N(CC(=O)NC3C(O)OC(CO)C(O)C3OC(C)C(=O)O)C1=O)[C@]1(C)O[C@H]1[C@H](C)[C@@H]1C[C@@](O)(NC(=O)O1)[C@H](OC)/C=C/C=C(\C)C2. The summed E-state index contributed by atoms with van der Waals surface area (Å²) in [7, 11) is 5.69. The van der Waals surface area contributed by atoms with Gasteiger partial charge in [0.2, 0.25) is 29.5 Å². The average molecular weight is 1130 g/mol. The third-order valence-corrected chi connectivity index (χ3v) is 16.2. The maximum atomic E-state index is 14.4. The first kappa shape index (κ1) is 60.8. The minimum Gasteiger partial charge on any atom is -0.495 e. The van der Waals surface area contributed by atoms with Crippen LogP contribution in [0.1, 0.15) is 65.9 Å². The van der Waals surface area contributed by atoms with E-state index in [-0.39, 0.29) is 30.0 Å². The summed E-state index contributed by atoms with van der Waals surface area (Å²) < 4.78 is 39.8. The zero-order valence-electron chi connectivity index (χ0n) is 44.0. The van der Waals surface area contributed by atoms with E-state index in [0.717, 1.165) is 34.7 Å². The smallest absolute Gasteiger partial charge is 0.409 e. The van der Waals surface area contributed by atoms with E-state index in [2.05, 4.69) is 10.6 Å². The number of carbonyl (C=O) groups excluding carboxylic acids is 7. The van der Waals surface area contributed by atoms with E-state index in [1.165, 1.54) is 40.1 Å². The summed E-state index contributed by atoms with van der Waals surface area (Å²) in [5, 5.41) is 56.0. The van der Waals surface area contributed by atoms with Gasteiger partial charge in [0.15, 0.2) is 18.1 Å². The van der Waals surface area contributed by atoms with Gasteiger partial charge in [0.05, 0.1) is 37.2 Å². The molecule has 6 amide bonds. The zero-order valence-corrected chi connectivity index (χ0v) is 45.6. The van der Waals surface area contributed by atoms with Gasteiger partial charge in [-0.2, -0.15) is 0 Å². The number of nitrogens with one attached hydrogen (secondary N) is 2. The van der Waals surface area contributed by atoms with E-state index in [1.54, 1.807) is 38.1 Å². The van der Waals surface area contributed by atoms with Crippen LogP contribution >= 0.6 is 23.4 Å². The molecule has 25 nitrogen and oxygen atoms in total. The van der Waals surface area contributed by atoms with Crippen molar-refractivity contribution in [2.75, 3.05) is 52.1 Å². The second kappa shape index (κ2) is 25.1. The number of aliphatic carboxylic acids is 1. The Balaban J connectivity index is 1.12. The number of hydrogen-bond donors (Lipinski definition) is 7. The molecule has 0 aromatic heterocycles. The number of carbonyl (C=O) groups is 8. The van der Waals surface area contributed by atoms with Crippen molar-refractivity contribution < 1.29 is 97.0 Å². The van der Waals surface area contributed by atoms with Gasteiger partial charge in [-0.25, -0.2) is 14.4 Å². The van der Waals surface area contributed by atoms with Crippen LogP contribution < -0.4 is 20.3 Å². The van der Waals surface area contributed by atoms with Gasteiger partial charge in [-0.15, -0.1) is 11.8 Å². The second-order valence-electron chi connectivity index (χ2n) is 19.9. The fourth-order valence-corrected chi connectivity index (χ4v) is 11.1. The Morgan fingerprint density at radius 1 is 1.09 bits per heavy atom. The molecular weight excluding hydrogens is 1060 g/mol. The van der Waals surface area contributed by atoms with Crippen LogP contribution in [0.4, 0.5) is 10.5 Å². The molecule has 0 saturated carbocycles. The summed E-state index contributed by atoms with van der Waals surface area (Å²) in [6.45, 7) is 6.18. The lowest BCUT2D eigenvalue weighted by Gasteiger charge is -2.43. The largest absolute Gasteiger partial charge is 0.495 e. The number of aliphatic hydroxyl groups is 4. The highest BCUT2D eigenvalue weighted by Crippen LogP contribution is 2.49. The molecular formula is C50H68ClN5O20S. The number of alkyl carbamates (subject to hydrolysis) is 1. The molecule has 77 heavy (non-hydrogen) atoms. The quantitative estimate of drug-likeness (QED) is 0.0659. The Morgan fingerprint density at radius 3 is 2.44 bits per heavy atom. The molecule has 15 atom stereocenters.